The number of H-pyrrole nitrogens is 1. The summed E-state index contributed by atoms with van der Waals surface area (Å²) in [6, 6.07) is 21.7. The number of amides is 1. The number of thioether (sulfide) groups is 1. The highest BCUT2D eigenvalue weighted by atomic mass is 32.2. The van der Waals surface area contributed by atoms with E-state index in [9.17, 15) is 9.18 Å². The van der Waals surface area contributed by atoms with Crippen molar-refractivity contribution in [1.29, 1.82) is 0 Å². The van der Waals surface area contributed by atoms with E-state index in [1.54, 1.807) is 36.0 Å². The lowest BCUT2D eigenvalue weighted by Crippen LogP contribution is -2.25. The average molecular weight is 449 g/mol. The van der Waals surface area contributed by atoms with Crippen molar-refractivity contribution in [2.45, 2.75) is 24.8 Å². The van der Waals surface area contributed by atoms with Crippen LogP contribution in [0.2, 0.25) is 0 Å². The van der Waals surface area contributed by atoms with Gasteiger partial charge in [0.15, 0.2) is 0 Å². The standard InChI is InChI=1S/C26H25FN2O2S/c1-17(2)31-21-13-9-19(10-14-21)26(30)28-15-16-32-25-22-5-3-4-6-23(22)29-24(25)18-7-11-20(27)12-8-18/h3-14,17,29H,15-16H2,1-2H3,(H,28,30). The summed E-state index contributed by atoms with van der Waals surface area (Å²) in [6.45, 7) is 4.46. The third-order valence-corrected chi connectivity index (χ3v) is 6.03. The Bertz CT molecular complexity index is 1200. The minimum atomic E-state index is -0.259. The van der Waals surface area contributed by atoms with Gasteiger partial charge in [0.25, 0.3) is 5.91 Å². The van der Waals surface area contributed by atoms with E-state index >= 15 is 0 Å². The van der Waals surface area contributed by atoms with Gasteiger partial charge >= 0.3 is 0 Å². The fourth-order valence-electron chi connectivity index (χ4n) is 3.46. The van der Waals surface area contributed by atoms with Crippen LogP contribution in [0.5, 0.6) is 5.75 Å². The molecule has 0 spiro atoms. The summed E-state index contributed by atoms with van der Waals surface area (Å²) < 4.78 is 19.0. The maximum Gasteiger partial charge on any atom is 0.251 e. The number of aromatic nitrogens is 1. The molecule has 4 aromatic rings. The average Bonchev–Trinajstić information content (AvgIpc) is 3.16. The topological polar surface area (TPSA) is 54.1 Å². The van der Waals surface area contributed by atoms with Gasteiger partial charge in [-0.05, 0) is 74.0 Å². The molecule has 0 aliphatic rings. The maximum atomic E-state index is 13.4. The normalized spacial score (nSPS) is 11.1. The van der Waals surface area contributed by atoms with Crippen molar-refractivity contribution >= 4 is 28.6 Å². The van der Waals surface area contributed by atoms with E-state index in [0.29, 0.717) is 17.9 Å². The summed E-state index contributed by atoms with van der Waals surface area (Å²) in [6.07, 6.45) is 0.0935. The van der Waals surface area contributed by atoms with Crippen molar-refractivity contribution < 1.29 is 13.9 Å². The predicted molar refractivity (Wildman–Crippen MR) is 129 cm³/mol. The Hall–Kier alpha value is -3.25. The largest absolute Gasteiger partial charge is 0.491 e. The molecular formula is C26H25FN2O2S. The first-order valence-corrected chi connectivity index (χ1v) is 11.5. The molecule has 0 unspecified atom stereocenters. The Labute approximate surface area is 191 Å². The van der Waals surface area contributed by atoms with E-state index in [1.807, 2.05) is 44.2 Å². The molecule has 2 N–H and O–H groups in total. The summed E-state index contributed by atoms with van der Waals surface area (Å²) in [5.41, 5.74) is 3.52. The number of nitrogens with one attached hydrogen (secondary N) is 2. The van der Waals surface area contributed by atoms with Crippen molar-refractivity contribution in [3.05, 3.63) is 84.2 Å². The third kappa shape index (κ3) is 5.14. The van der Waals surface area contributed by atoms with Crippen molar-refractivity contribution in [2.24, 2.45) is 0 Å². The Balaban J connectivity index is 1.41. The number of hydrogen-bond donors (Lipinski definition) is 2. The Kier molecular flexibility index (Phi) is 6.81. The zero-order valence-electron chi connectivity index (χ0n) is 18.0. The molecule has 1 aromatic heterocycles. The van der Waals surface area contributed by atoms with Gasteiger partial charge in [0.1, 0.15) is 11.6 Å². The lowest BCUT2D eigenvalue weighted by molar-refractivity contribution is 0.0956. The molecule has 164 valence electrons. The van der Waals surface area contributed by atoms with Crippen LogP contribution in [0.4, 0.5) is 4.39 Å². The van der Waals surface area contributed by atoms with Crippen LogP contribution in [0.3, 0.4) is 0 Å². The van der Waals surface area contributed by atoms with Gasteiger partial charge in [0.2, 0.25) is 0 Å². The van der Waals surface area contributed by atoms with Crippen LogP contribution in [0, 0.1) is 5.82 Å². The van der Waals surface area contributed by atoms with Crippen LogP contribution >= 0.6 is 11.8 Å². The van der Waals surface area contributed by atoms with E-state index in [-0.39, 0.29) is 17.8 Å². The van der Waals surface area contributed by atoms with E-state index in [4.69, 9.17) is 4.74 Å². The van der Waals surface area contributed by atoms with Crippen LogP contribution in [0.15, 0.2) is 77.7 Å². The lowest BCUT2D eigenvalue weighted by atomic mass is 10.1. The number of rotatable bonds is 8. The third-order valence-electron chi connectivity index (χ3n) is 4.91. The molecule has 4 rings (SSSR count). The van der Waals surface area contributed by atoms with Crippen LogP contribution in [-0.4, -0.2) is 29.3 Å². The molecule has 0 aliphatic heterocycles. The summed E-state index contributed by atoms with van der Waals surface area (Å²) in [5, 5.41) is 4.09. The fourth-order valence-corrected chi connectivity index (χ4v) is 4.52. The number of benzene rings is 3. The number of hydrogen-bond acceptors (Lipinski definition) is 3. The molecule has 4 nitrogen and oxygen atoms in total. The number of carbonyl (C=O) groups excluding carboxylic acids is 1. The molecule has 1 heterocycles. The van der Waals surface area contributed by atoms with Gasteiger partial charge in [-0.3, -0.25) is 4.79 Å². The molecule has 3 aromatic carbocycles. The predicted octanol–water partition coefficient (Wildman–Crippen LogP) is 6.28. The Morgan fingerprint density at radius 2 is 1.75 bits per heavy atom. The lowest BCUT2D eigenvalue weighted by Gasteiger charge is -2.10. The van der Waals surface area contributed by atoms with Crippen LogP contribution < -0.4 is 10.1 Å². The van der Waals surface area contributed by atoms with E-state index in [1.165, 1.54) is 12.1 Å². The van der Waals surface area contributed by atoms with Crippen molar-refractivity contribution in [3.63, 3.8) is 0 Å². The second-order valence-electron chi connectivity index (χ2n) is 7.68. The maximum absolute atomic E-state index is 13.4. The minimum absolute atomic E-state index is 0.0935. The first-order chi connectivity index (χ1) is 15.5. The summed E-state index contributed by atoms with van der Waals surface area (Å²) >= 11 is 1.67. The second kappa shape index (κ2) is 9.92. The molecule has 1 amide bonds. The smallest absolute Gasteiger partial charge is 0.251 e. The van der Waals surface area contributed by atoms with Crippen LogP contribution in [0.25, 0.3) is 22.2 Å². The first kappa shape index (κ1) is 22.0. The Morgan fingerprint density at radius 3 is 2.47 bits per heavy atom. The zero-order chi connectivity index (χ0) is 22.5. The zero-order valence-corrected chi connectivity index (χ0v) is 18.8. The Morgan fingerprint density at radius 1 is 1.03 bits per heavy atom. The number of halogens is 1. The molecule has 32 heavy (non-hydrogen) atoms. The quantitative estimate of drug-likeness (QED) is 0.246. The number of aromatic amines is 1. The van der Waals surface area contributed by atoms with Crippen LogP contribution in [0.1, 0.15) is 24.2 Å². The van der Waals surface area contributed by atoms with Gasteiger partial charge in [-0.2, -0.15) is 0 Å². The summed E-state index contributed by atoms with van der Waals surface area (Å²) in [7, 11) is 0. The van der Waals surface area contributed by atoms with Gasteiger partial charge < -0.3 is 15.0 Å². The molecule has 0 aliphatic carbocycles. The molecular weight excluding hydrogens is 423 g/mol. The number of fused-ring (bicyclic) bond motifs is 1. The number of ether oxygens (including phenoxy) is 1. The van der Waals surface area contributed by atoms with Gasteiger partial charge in [-0.25, -0.2) is 4.39 Å². The fraction of sp³-hybridized carbons (Fsp3) is 0.192. The molecule has 6 heteroatoms. The SMILES string of the molecule is CC(C)Oc1ccc(C(=O)NCCSc2c(-c3ccc(F)cc3)[nH]c3ccccc23)cc1. The molecule has 0 saturated carbocycles. The summed E-state index contributed by atoms with van der Waals surface area (Å²) in [5.74, 6) is 1.08. The van der Waals surface area contributed by atoms with Crippen molar-refractivity contribution in [2.75, 3.05) is 12.3 Å². The molecule has 0 radical (unpaired) electrons. The van der Waals surface area contributed by atoms with Crippen LogP contribution in [-0.2, 0) is 0 Å². The number of carbonyl (C=O) groups is 1. The van der Waals surface area contributed by atoms with Crippen molar-refractivity contribution in [3.8, 4) is 17.0 Å². The molecule has 0 bridgehead atoms. The van der Waals surface area contributed by atoms with Gasteiger partial charge in [0, 0.05) is 33.7 Å². The highest BCUT2D eigenvalue weighted by Crippen LogP contribution is 2.37. The van der Waals surface area contributed by atoms with Gasteiger partial charge in [-0.15, -0.1) is 11.8 Å². The minimum Gasteiger partial charge on any atom is -0.491 e. The van der Waals surface area contributed by atoms with Crippen molar-refractivity contribution in [1.82, 2.24) is 10.3 Å². The molecule has 0 saturated heterocycles. The second-order valence-corrected chi connectivity index (χ2v) is 8.78. The summed E-state index contributed by atoms with van der Waals surface area (Å²) in [4.78, 5) is 17.0. The highest BCUT2D eigenvalue weighted by Gasteiger charge is 2.14. The van der Waals surface area contributed by atoms with E-state index < -0.39 is 0 Å². The van der Waals surface area contributed by atoms with Gasteiger partial charge in [-0.1, -0.05) is 18.2 Å². The monoisotopic (exact) mass is 448 g/mol. The first-order valence-electron chi connectivity index (χ1n) is 10.6. The van der Waals surface area contributed by atoms with E-state index in [2.05, 4.69) is 16.4 Å². The number of para-hydroxylation sites is 1. The van der Waals surface area contributed by atoms with E-state index in [0.717, 1.165) is 32.8 Å². The molecule has 0 fully saturated rings. The molecule has 0 atom stereocenters. The van der Waals surface area contributed by atoms with Gasteiger partial charge in [0.05, 0.1) is 11.8 Å². The highest BCUT2D eigenvalue weighted by molar-refractivity contribution is 7.99.